The van der Waals surface area contributed by atoms with Gasteiger partial charge in [0.2, 0.25) is 0 Å². The average Bonchev–Trinajstić information content (AvgIpc) is 1.85. The molecule has 2 heterocycles. The van der Waals surface area contributed by atoms with Gasteiger partial charge in [0.1, 0.15) is 0 Å². The zero-order valence-corrected chi connectivity index (χ0v) is 8.87. The summed E-state index contributed by atoms with van der Waals surface area (Å²) in [6, 6.07) is 0.471. The molecule has 74 valence electrons. The molecule has 0 amide bonds. The highest BCUT2D eigenvalue weighted by Crippen LogP contribution is 2.24. The Hall–Kier alpha value is 0.500. The van der Waals surface area contributed by atoms with Gasteiger partial charge in [0.15, 0.2) is 0 Å². The Bertz CT molecular complexity index is 116. The van der Waals surface area contributed by atoms with Gasteiger partial charge in [-0.05, 0) is 31.7 Å². The number of hydrogen-bond acceptors (Lipinski definition) is 2. The lowest BCUT2D eigenvalue weighted by atomic mass is 9.87. The molecule has 2 fully saturated rings. The Morgan fingerprint density at radius 2 is 1.92 bits per heavy atom. The van der Waals surface area contributed by atoms with Crippen LogP contribution in [0.1, 0.15) is 19.3 Å². The Morgan fingerprint density at radius 1 is 1.17 bits per heavy atom. The van der Waals surface area contributed by atoms with Crippen molar-refractivity contribution in [3.05, 3.63) is 0 Å². The first-order valence-electron chi connectivity index (χ1n) is 4.32. The predicted molar refractivity (Wildman–Crippen MR) is 56.3 cm³/mol. The maximum Gasteiger partial charge on any atom is 0.0170 e. The van der Waals surface area contributed by atoms with Gasteiger partial charge in [-0.1, -0.05) is 0 Å². The molecule has 0 aliphatic carbocycles. The molecular weight excluding hydrogens is 195 g/mol. The van der Waals surface area contributed by atoms with Crippen molar-refractivity contribution in [3.63, 3.8) is 0 Å². The Balaban J connectivity index is 0.000000605. The molecule has 0 aromatic carbocycles. The molecule has 0 radical (unpaired) electrons. The zero-order valence-electron chi connectivity index (χ0n) is 7.24. The topological polar surface area (TPSA) is 29.3 Å². The second-order valence-electron chi connectivity index (χ2n) is 3.76. The molecule has 2 nitrogen and oxygen atoms in total. The van der Waals surface area contributed by atoms with Crippen molar-refractivity contribution < 1.29 is 0 Å². The van der Waals surface area contributed by atoms with Crippen LogP contribution in [0.15, 0.2) is 0 Å². The molecule has 0 aromatic rings. The van der Waals surface area contributed by atoms with Crippen molar-refractivity contribution in [2.75, 3.05) is 19.6 Å². The first kappa shape index (κ1) is 12.5. The van der Waals surface area contributed by atoms with E-state index in [1.54, 1.807) is 0 Å². The fraction of sp³-hybridized carbons (Fsp3) is 1.00. The number of fused-ring (bicyclic) bond motifs is 2. The zero-order chi connectivity index (χ0) is 6.97. The summed E-state index contributed by atoms with van der Waals surface area (Å²) in [6.07, 6.45) is 4.10. The molecule has 2 aliphatic rings. The highest BCUT2D eigenvalue weighted by Gasteiger charge is 2.27. The van der Waals surface area contributed by atoms with Crippen LogP contribution >= 0.6 is 24.8 Å². The molecule has 12 heavy (non-hydrogen) atoms. The van der Waals surface area contributed by atoms with Crippen LogP contribution in [-0.4, -0.2) is 30.6 Å². The monoisotopic (exact) mass is 212 g/mol. The fourth-order valence-corrected chi connectivity index (χ4v) is 2.34. The largest absolute Gasteiger partial charge is 0.327 e. The smallest absolute Gasteiger partial charge is 0.0170 e. The number of nitrogens with zero attached hydrogens (tertiary/aromatic N) is 1. The van der Waals surface area contributed by atoms with Crippen LogP contribution in [0.4, 0.5) is 0 Å². The summed E-state index contributed by atoms with van der Waals surface area (Å²) >= 11 is 0. The van der Waals surface area contributed by atoms with Crippen molar-refractivity contribution in [2.45, 2.75) is 25.3 Å². The molecule has 0 aromatic heterocycles. The Morgan fingerprint density at radius 3 is 2.58 bits per heavy atom. The van der Waals surface area contributed by atoms with E-state index in [0.29, 0.717) is 6.04 Å². The van der Waals surface area contributed by atoms with E-state index < -0.39 is 0 Å². The minimum atomic E-state index is 0. The van der Waals surface area contributed by atoms with E-state index in [-0.39, 0.29) is 24.8 Å². The second-order valence-corrected chi connectivity index (χ2v) is 3.76. The summed E-state index contributed by atoms with van der Waals surface area (Å²) in [4.78, 5) is 2.52. The maximum absolute atomic E-state index is 5.88. The SMILES string of the molecule is Cl.Cl.NC1CC2CCCN(C1)C2. The highest BCUT2D eigenvalue weighted by atomic mass is 35.5. The molecule has 2 bridgehead atoms. The molecule has 3 atom stereocenters. The second kappa shape index (κ2) is 5.28. The van der Waals surface area contributed by atoms with Gasteiger partial charge in [-0.3, -0.25) is 0 Å². The van der Waals surface area contributed by atoms with Crippen LogP contribution in [0, 0.1) is 5.92 Å². The average molecular weight is 213 g/mol. The number of halogens is 2. The van der Waals surface area contributed by atoms with Gasteiger partial charge < -0.3 is 10.6 Å². The van der Waals surface area contributed by atoms with Gasteiger partial charge in [-0.25, -0.2) is 0 Å². The van der Waals surface area contributed by atoms with E-state index in [0.717, 1.165) is 12.5 Å². The van der Waals surface area contributed by atoms with E-state index in [4.69, 9.17) is 5.73 Å². The fourth-order valence-electron chi connectivity index (χ4n) is 2.34. The van der Waals surface area contributed by atoms with Gasteiger partial charge in [0.05, 0.1) is 0 Å². The van der Waals surface area contributed by atoms with Gasteiger partial charge in [0, 0.05) is 19.1 Å². The summed E-state index contributed by atoms with van der Waals surface area (Å²) < 4.78 is 0. The lowest BCUT2D eigenvalue weighted by Gasteiger charge is -2.40. The highest BCUT2D eigenvalue weighted by molar-refractivity contribution is 5.85. The van der Waals surface area contributed by atoms with E-state index >= 15 is 0 Å². The van der Waals surface area contributed by atoms with Gasteiger partial charge >= 0.3 is 0 Å². The summed E-state index contributed by atoms with van der Waals surface area (Å²) in [5.41, 5.74) is 5.88. The standard InChI is InChI=1S/C8H16N2.2ClH/c9-8-4-7-2-1-3-10(5-7)6-8;;/h7-8H,1-6,9H2;2*1H. The normalized spacial score (nSPS) is 39.2. The first-order valence-corrected chi connectivity index (χ1v) is 4.32. The lowest BCUT2D eigenvalue weighted by Crippen LogP contribution is -2.49. The molecule has 3 unspecified atom stereocenters. The van der Waals surface area contributed by atoms with Crippen molar-refractivity contribution in [2.24, 2.45) is 11.7 Å². The number of piperidine rings is 2. The molecule has 4 heteroatoms. The van der Waals surface area contributed by atoms with Crippen LogP contribution in [0.25, 0.3) is 0 Å². The van der Waals surface area contributed by atoms with Gasteiger partial charge in [-0.2, -0.15) is 0 Å². The van der Waals surface area contributed by atoms with Crippen LogP contribution in [0.3, 0.4) is 0 Å². The third-order valence-electron chi connectivity index (χ3n) is 2.73. The third kappa shape index (κ3) is 2.77. The van der Waals surface area contributed by atoms with Crippen molar-refractivity contribution >= 4 is 24.8 Å². The Labute approximate surface area is 86.7 Å². The van der Waals surface area contributed by atoms with E-state index in [2.05, 4.69) is 4.90 Å². The molecule has 2 saturated heterocycles. The van der Waals surface area contributed by atoms with Crippen molar-refractivity contribution in [1.29, 1.82) is 0 Å². The third-order valence-corrected chi connectivity index (χ3v) is 2.73. The van der Waals surface area contributed by atoms with Crippen LogP contribution in [0.2, 0.25) is 0 Å². The number of nitrogens with two attached hydrogens (primary N) is 1. The number of hydrogen-bond donors (Lipinski definition) is 1. The molecule has 2 N–H and O–H groups in total. The van der Waals surface area contributed by atoms with Crippen LogP contribution in [-0.2, 0) is 0 Å². The quantitative estimate of drug-likeness (QED) is 0.656. The molecule has 0 saturated carbocycles. The van der Waals surface area contributed by atoms with Crippen LogP contribution < -0.4 is 5.73 Å². The predicted octanol–water partition coefficient (Wildman–Crippen LogP) is 1.27. The maximum atomic E-state index is 5.88. The lowest BCUT2D eigenvalue weighted by molar-refractivity contribution is 0.110. The van der Waals surface area contributed by atoms with E-state index in [1.807, 2.05) is 0 Å². The van der Waals surface area contributed by atoms with Crippen LogP contribution in [0.5, 0.6) is 0 Å². The molecule has 0 spiro atoms. The summed E-state index contributed by atoms with van der Waals surface area (Å²) in [5.74, 6) is 0.928. The summed E-state index contributed by atoms with van der Waals surface area (Å²) in [6.45, 7) is 3.77. The summed E-state index contributed by atoms with van der Waals surface area (Å²) in [7, 11) is 0. The van der Waals surface area contributed by atoms with E-state index in [1.165, 1.54) is 32.4 Å². The first-order chi connectivity index (χ1) is 4.84. The van der Waals surface area contributed by atoms with Crippen molar-refractivity contribution in [3.8, 4) is 0 Å². The number of rotatable bonds is 0. The van der Waals surface area contributed by atoms with E-state index in [9.17, 15) is 0 Å². The van der Waals surface area contributed by atoms with Gasteiger partial charge in [-0.15, -0.1) is 24.8 Å². The summed E-state index contributed by atoms with van der Waals surface area (Å²) in [5, 5.41) is 0. The minimum absolute atomic E-state index is 0. The van der Waals surface area contributed by atoms with Gasteiger partial charge in [0.25, 0.3) is 0 Å². The molecule has 2 aliphatic heterocycles. The minimum Gasteiger partial charge on any atom is -0.327 e. The molecule has 2 rings (SSSR count). The van der Waals surface area contributed by atoms with Crippen molar-refractivity contribution in [1.82, 2.24) is 4.90 Å². The Kier molecular flexibility index (Phi) is 5.50. The molecular formula is C8H18Cl2N2.